The average molecular weight is 664 g/mol. The van der Waals surface area contributed by atoms with E-state index in [-0.39, 0.29) is 40.7 Å². The fraction of sp³-hybridized carbons (Fsp3) is 0.588. The highest BCUT2D eigenvalue weighted by Crippen LogP contribution is 2.49. The van der Waals surface area contributed by atoms with E-state index in [1.54, 1.807) is 12.4 Å². The second-order valence-corrected chi connectivity index (χ2v) is 17.0. The monoisotopic (exact) mass is 663 g/mol. The summed E-state index contributed by atoms with van der Waals surface area (Å²) in [6.45, 7) is 4.66. The predicted molar refractivity (Wildman–Crippen MR) is 175 cm³/mol. The van der Waals surface area contributed by atoms with Gasteiger partial charge in [-0.2, -0.15) is 15.1 Å². The number of aryl methyl sites for hydroxylation is 1. The number of piperidine rings is 1. The van der Waals surface area contributed by atoms with E-state index in [1.807, 2.05) is 0 Å². The molecule has 0 radical (unpaired) electrons. The largest absolute Gasteiger partial charge is 0.461 e. The van der Waals surface area contributed by atoms with Crippen LogP contribution in [0, 0.1) is 18.2 Å². The zero-order valence-corrected chi connectivity index (χ0v) is 27.4. The van der Waals surface area contributed by atoms with Crippen molar-refractivity contribution in [3.05, 3.63) is 35.4 Å². The number of rotatable bonds is 6. The molecular formula is C34H39F2N7O3S. The molecule has 3 atom stereocenters. The molecule has 9 rings (SSSR count). The van der Waals surface area contributed by atoms with Crippen LogP contribution >= 0.6 is 0 Å². The van der Waals surface area contributed by atoms with Crippen LogP contribution in [0.15, 0.2) is 18.5 Å². The second kappa shape index (κ2) is 10.5. The number of nitrogens with one attached hydrogen (secondary N) is 1. The molecule has 13 heteroatoms. The van der Waals surface area contributed by atoms with Gasteiger partial charge in [0.1, 0.15) is 29.8 Å². The van der Waals surface area contributed by atoms with Gasteiger partial charge in [-0.25, -0.2) is 17.2 Å². The van der Waals surface area contributed by atoms with Crippen molar-refractivity contribution in [3.63, 3.8) is 0 Å². The van der Waals surface area contributed by atoms with Crippen LogP contribution in [0.5, 0.6) is 6.01 Å². The topological polar surface area (TPSA) is 117 Å². The summed E-state index contributed by atoms with van der Waals surface area (Å²) >= 11 is 0. The number of aromatic amines is 1. The lowest BCUT2D eigenvalue weighted by atomic mass is 9.79. The van der Waals surface area contributed by atoms with Crippen molar-refractivity contribution >= 4 is 37.5 Å². The van der Waals surface area contributed by atoms with Crippen molar-refractivity contribution in [2.45, 2.75) is 75.9 Å². The standard InChI is InChI=1S/C34H39F2N7O3S/c1-20-12-25-23(15-38-41-25)27(26(20)21-4-5-21)30-28(36)29-24(14-37-30)31(42-9-2-6-33(17-42)8-11-47(44,45)19-33)40-32(39-29)46-18-34-7-3-10-43(34)16-22(35)13-34/h12,14-15,21-22H,2-11,13,16-19H2,1H3,(H,38,41)/t22-,33+,34+/m1/s1. The number of benzene rings is 1. The first-order chi connectivity index (χ1) is 22.6. The Morgan fingerprint density at radius 3 is 2.77 bits per heavy atom. The van der Waals surface area contributed by atoms with Gasteiger partial charge in [-0.3, -0.25) is 15.0 Å². The number of alkyl halides is 1. The number of halogens is 2. The first-order valence-corrected chi connectivity index (χ1v) is 18.8. The summed E-state index contributed by atoms with van der Waals surface area (Å²) in [7, 11) is -3.11. The third-order valence-electron chi connectivity index (χ3n) is 11.5. The van der Waals surface area contributed by atoms with Crippen molar-refractivity contribution in [1.82, 2.24) is 30.0 Å². The van der Waals surface area contributed by atoms with Gasteiger partial charge < -0.3 is 9.64 Å². The Hall–Kier alpha value is -3.45. The number of hydrogen-bond donors (Lipinski definition) is 1. The number of hydrogen-bond acceptors (Lipinski definition) is 9. The molecule has 1 spiro atoms. The molecule has 3 aromatic heterocycles. The summed E-state index contributed by atoms with van der Waals surface area (Å²) in [5.41, 5.74) is 3.29. The minimum absolute atomic E-state index is 0.0471. The number of sulfone groups is 1. The molecule has 7 heterocycles. The maximum atomic E-state index is 17.1. The molecule has 0 bridgehead atoms. The van der Waals surface area contributed by atoms with Crippen LogP contribution in [0.3, 0.4) is 0 Å². The maximum Gasteiger partial charge on any atom is 0.319 e. The Morgan fingerprint density at radius 1 is 1.11 bits per heavy atom. The van der Waals surface area contributed by atoms with Gasteiger partial charge in [-0.15, -0.1) is 0 Å². The zero-order valence-electron chi connectivity index (χ0n) is 26.6. The Morgan fingerprint density at radius 2 is 1.96 bits per heavy atom. The fourth-order valence-corrected chi connectivity index (χ4v) is 11.4. The van der Waals surface area contributed by atoms with E-state index in [1.165, 1.54) is 0 Å². The minimum Gasteiger partial charge on any atom is -0.461 e. The molecule has 1 aliphatic carbocycles. The van der Waals surface area contributed by atoms with Crippen LogP contribution in [0.2, 0.25) is 0 Å². The summed E-state index contributed by atoms with van der Waals surface area (Å²) in [4.78, 5) is 18.6. The molecule has 0 unspecified atom stereocenters. The molecular weight excluding hydrogens is 624 g/mol. The lowest BCUT2D eigenvalue weighted by Crippen LogP contribution is -2.45. The fourth-order valence-electron chi connectivity index (χ4n) is 9.24. The Labute approximate surface area is 272 Å². The summed E-state index contributed by atoms with van der Waals surface area (Å²) in [5, 5.41) is 8.59. The molecule has 248 valence electrons. The van der Waals surface area contributed by atoms with Crippen molar-refractivity contribution < 1.29 is 21.9 Å². The smallest absolute Gasteiger partial charge is 0.319 e. The van der Waals surface area contributed by atoms with Gasteiger partial charge in [0.05, 0.1) is 34.1 Å². The maximum absolute atomic E-state index is 17.1. The lowest BCUT2D eigenvalue weighted by Gasteiger charge is -2.40. The SMILES string of the molecule is Cc1cc2[nH]ncc2c(-c2ncc3c(N4CCC[C@]5(CCS(=O)(=O)C5)C4)nc(OC[C@@]45CCCN4C[C@H](F)C5)nc3c2F)c1C1CC1. The van der Waals surface area contributed by atoms with E-state index in [4.69, 9.17) is 19.7 Å². The van der Waals surface area contributed by atoms with Crippen LogP contribution in [-0.2, 0) is 9.84 Å². The molecule has 47 heavy (non-hydrogen) atoms. The highest BCUT2D eigenvalue weighted by Gasteiger charge is 2.50. The summed E-state index contributed by atoms with van der Waals surface area (Å²) in [6.07, 6.45) is 9.02. The molecule has 5 fully saturated rings. The lowest BCUT2D eigenvalue weighted by molar-refractivity contribution is 0.107. The van der Waals surface area contributed by atoms with E-state index in [9.17, 15) is 12.8 Å². The molecule has 4 saturated heterocycles. The highest BCUT2D eigenvalue weighted by molar-refractivity contribution is 7.91. The van der Waals surface area contributed by atoms with E-state index in [2.05, 4.69) is 33.0 Å². The van der Waals surface area contributed by atoms with Gasteiger partial charge in [0.15, 0.2) is 15.7 Å². The van der Waals surface area contributed by atoms with Crippen molar-refractivity contribution in [2.75, 3.05) is 49.2 Å². The number of fused-ring (bicyclic) bond motifs is 3. The quantitative estimate of drug-likeness (QED) is 0.295. The number of pyridine rings is 1. The predicted octanol–water partition coefficient (Wildman–Crippen LogP) is 5.25. The molecule has 4 aromatic rings. The van der Waals surface area contributed by atoms with Crippen LogP contribution < -0.4 is 9.64 Å². The molecule has 10 nitrogen and oxygen atoms in total. The first-order valence-electron chi connectivity index (χ1n) is 16.9. The number of ether oxygens (including phenoxy) is 1. The Bertz CT molecular complexity index is 2040. The number of anilines is 1. The van der Waals surface area contributed by atoms with Gasteiger partial charge in [-0.1, -0.05) is 0 Å². The molecule has 5 aliphatic rings. The van der Waals surface area contributed by atoms with E-state index < -0.39 is 27.4 Å². The van der Waals surface area contributed by atoms with Crippen LogP contribution in [-0.4, -0.2) is 94.5 Å². The summed E-state index contributed by atoms with van der Waals surface area (Å²) in [6, 6.07) is 2.11. The highest BCUT2D eigenvalue weighted by atomic mass is 32.2. The van der Waals surface area contributed by atoms with E-state index >= 15 is 4.39 Å². The van der Waals surface area contributed by atoms with Crippen LogP contribution in [0.1, 0.15) is 68.4 Å². The van der Waals surface area contributed by atoms with Gasteiger partial charge in [-0.05, 0) is 81.5 Å². The Kier molecular flexibility index (Phi) is 6.64. The van der Waals surface area contributed by atoms with Crippen molar-refractivity contribution in [1.29, 1.82) is 0 Å². The minimum atomic E-state index is -3.11. The van der Waals surface area contributed by atoms with Gasteiger partial charge in [0.25, 0.3) is 0 Å². The van der Waals surface area contributed by atoms with Crippen LogP contribution in [0.4, 0.5) is 14.6 Å². The van der Waals surface area contributed by atoms with Crippen LogP contribution in [0.25, 0.3) is 33.1 Å². The van der Waals surface area contributed by atoms with Crippen molar-refractivity contribution in [3.8, 4) is 17.3 Å². The molecule has 0 amide bonds. The molecule has 1 N–H and O–H groups in total. The third-order valence-corrected chi connectivity index (χ3v) is 13.4. The zero-order chi connectivity index (χ0) is 32.1. The molecule has 4 aliphatic heterocycles. The average Bonchev–Trinajstić information content (AvgIpc) is 3.33. The van der Waals surface area contributed by atoms with Gasteiger partial charge in [0.2, 0.25) is 0 Å². The van der Waals surface area contributed by atoms with Gasteiger partial charge in [0, 0.05) is 48.6 Å². The molecule has 1 aromatic carbocycles. The summed E-state index contributed by atoms with van der Waals surface area (Å²) < 4.78 is 63.1. The first kappa shape index (κ1) is 29.7. The second-order valence-electron chi connectivity index (χ2n) is 14.8. The number of H-pyrrole nitrogens is 1. The van der Waals surface area contributed by atoms with Gasteiger partial charge >= 0.3 is 6.01 Å². The molecule has 1 saturated carbocycles. The number of aromatic nitrogens is 5. The number of nitrogens with zero attached hydrogens (tertiary/aromatic N) is 6. The normalized spacial score (nSPS) is 29.0. The summed E-state index contributed by atoms with van der Waals surface area (Å²) in [5.74, 6) is 0.636. The third kappa shape index (κ3) is 4.90. The van der Waals surface area contributed by atoms with Crippen molar-refractivity contribution in [2.24, 2.45) is 5.41 Å². The van der Waals surface area contributed by atoms with E-state index in [0.717, 1.165) is 72.7 Å². The van der Waals surface area contributed by atoms with E-state index in [0.29, 0.717) is 49.6 Å². The Balaban J connectivity index is 1.18.